The number of hydrogen-bond acceptors (Lipinski definition) is 5. The molecule has 31 heavy (non-hydrogen) atoms. The number of allylic oxidation sites excluding steroid dienone is 1. The Kier molecular flexibility index (Phi) is 6.76. The van der Waals surface area contributed by atoms with Gasteiger partial charge in [-0.2, -0.15) is 15.6 Å². The molecule has 0 saturated carbocycles. The number of nitrogens with zero attached hydrogens (tertiary/aromatic N) is 4. The van der Waals surface area contributed by atoms with Gasteiger partial charge in [0.15, 0.2) is 5.76 Å². The molecule has 162 valence electrons. The number of ether oxygens (including phenoxy) is 1. The van der Waals surface area contributed by atoms with Crippen LogP contribution in [0, 0.1) is 35.0 Å². The smallest absolute Gasteiger partial charge is 0.316 e. The van der Waals surface area contributed by atoms with Crippen LogP contribution in [0.5, 0.6) is 0 Å². The van der Waals surface area contributed by atoms with Crippen molar-refractivity contribution in [1.29, 1.82) is 10.5 Å². The number of benzene rings is 1. The summed E-state index contributed by atoms with van der Waals surface area (Å²) < 4.78 is 7.41. The standard InChI is InChI=1S/C25H30N4O2/c1-9-29-21(19(14-26)16(2)28-29)22(31-23(30)25(6,7)8)20(15-27)17-10-12-18(13-11-17)24(3,4)5/h10-13H,9H2,1-8H3. The van der Waals surface area contributed by atoms with Crippen molar-refractivity contribution in [2.24, 2.45) is 5.41 Å². The second-order valence-corrected chi connectivity index (χ2v) is 9.52. The molecule has 0 atom stereocenters. The highest BCUT2D eigenvalue weighted by molar-refractivity contribution is 5.98. The van der Waals surface area contributed by atoms with Gasteiger partial charge in [-0.15, -0.1) is 0 Å². The molecule has 6 nitrogen and oxygen atoms in total. The number of rotatable bonds is 4. The fraction of sp³-hybridized carbons (Fsp3) is 0.440. The van der Waals surface area contributed by atoms with Crippen molar-refractivity contribution in [2.45, 2.75) is 67.3 Å². The van der Waals surface area contributed by atoms with Crippen molar-refractivity contribution in [3.05, 3.63) is 52.3 Å². The van der Waals surface area contributed by atoms with E-state index in [-0.39, 0.29) is 22.3 Å². The average Bonchev–Trinajstić information content (AvgIpc) is 3.01. The van der Waals surface area contributed by atoms with Gasteiger partial charge in [-0.1, -0.05) is 45.0 Å². The maximum Gasteiger partial charge on any atom is 0.316 e. The second-order valence-electron chi connectivity index (χ2n) is 9.52. The number of nitriles is 2. The van der Waals surface area contributed by atoms with Gasteiger partial charge in [0.05, 0.1) is 11.1 Å². The van der Waals surface area contributed by atoms with Crippen LogP contribution in [0.4, 0.5) is 0 Å². The Hall–Kier alpha value is -3.38. The van der Waals surface area contributed by atoms with Crippen LogP contribution in [-0.2, 0) is 21.5 Å². The molecule has 0 radical (unpaired) electrons. The zero-order chi connectivity index (χ0) is 23.6. The molecule has 0 aliphatic carbocycles. The summed E-state index contributed by atoms with van der Waals surface area (Å²) in [6.45, 7) is 15.6. The summed E-state index contributed by atoms with van der Waals surface area (Å²) in [6.07, 6.45) is 0. The SMILES string of the molecule is CCn1nc(C)c(C#N)c1C(OC(=O)C(C)(C)C)=C(C#N)c1ccc(C(C)(C)C)cc1. The van der Waals surface area contributed by atoms with Crippen molar-refractivity contribution < 1.29 is 9.53 Å². The topological polar surface area (TPSA) is 91.7 Å². The Morgan fingerprint density at radius 1 is 1.10 bits per heavy atom. The molecule has 2 aromatic rings. The second kappa shape index (κ2) is 8.78. The molecule has 6 heteroatoms. The lowest BCUT2D eigenvalue weighted by molar-refractivity contribution is -0.145. The van der Waals surface area contributed by atoms with Crippen molar-refractivity contribution >= 4 is 17.3 Å². The number of carbonyl (C=O) groups excluding carboxylic acids is 1. The molecule has 0 fully saturated rings. The van der Waals surface area contributed by atoms with Crippen molar-refractivity contribution in [3.8, 4) is 12.1 Å². The molecule has 0 saturated heterocycles. The summed E-state index contributed by atoms with van der Waals surface area (Å²) >= 11 is 0. The van der Waals surface area contributed by atoms with E-state index in [1.54, 1.807) is 32.4 Å². The summed E-state index contributed by atoms with van der Waals surface area (Å²) in [4.78, 5) is 12.8. The Bertz CT molecular complexity index is 1090. The van der Waals surface area contributed by atoms with Crippen LogP contribution in [0.3, 0.4) is 0 Å². The Morgan fingerprint density at radius 3 is 2.10 bits per heavy atom. The highest BCUT2D eigenvalue weighted by atomic mass is 16.5. The number of aryl methyl sites for hydroxylation is 2. The normalized spacial score (nSPS) is 12.6. The Morgan fingerprint density at radius 2 is 1.68 bits per heavy atom. The predicted molar refractivity (Wildman–Crippen MR) is 120 cm³/mol. The Balaban J connectivity index is 2.83. The van der Waals surface area contributed by atoms with Gasteiger partial charge in [0, 0.05) is 6.54 Å². The summed E-state index contributed by atoms with van der Waals surface area (Å²) in [6, 6.07) is 12.0. The highest BCUT2D eigenvalue weighted by Crippen LogP contribution is 2.34. The van der Waals surface area contributed by atoms with Crippen molar-refractivity contribution in [1.82, 2.24) is 9.78 Å². The van der Waals surface area contributed by atoms with E-state index in [9.17, 15) is 15.3 Å². The molecule has 0 aliphatic rings. The van der Waals surface area contributed by atoms with Gasteiger partial charge in [0.1, 0.15) is 29.0 Å². The fourth-order valence-electron chi connectivity index (χ4n) is 3.02. The predicted octanol–water partition coefficient (Wildman–Crippen LogP) is 5.36. The van der Waals surface area contributed by atoms with Gasteiger partial charge >= 0.3 is 5.97 Å². The van der Waals surface area contributed by atoms with Gasteiger partial charge in [0.25, 0.3) is 0 Å². The maximum atomic E-state index is 12.8. The molecule has 0 unspecified atom stereocenters. The summed E-state index contributed by atoms with van der Waals surface area (Å²) in [5.74, 6) is -0.433. The average molecular weight is 419 g/mol. The van der Waals surface area contributed by atoms with E-state index in [0.29, 0.717) is 23.5 Å². The molecule has 1 heterocycles. The maximum absolute atomic E-state index is 12.8. The van der Waals surface area contributed by atoms with E-state index in [4.69, 9.17) is 4.74 Å². The molecule has 1 aromatic heterocycles. The molecule has 0 spiro atoms. The van der Waals surface area contributed by atoms with Gasteiger partial charge in [-0.3, -0.25) is 9.48 Å². The summed E-state index contributed by atoms with van der Waals surface area (Å²) in [7, 11) is 0. The minimum Gasteiger partial charge on any atom is -0.422 e. The molecule has 0 N–H and O–H groups in total. The van der Waals surface area contributed by atoms with E-state index in [2.05, 4.69) is 38.0 Å². The Labute approximate surface area is 184 Å². The lowest BCUT2D eigenvalue weighted by atomic mass is 9.86. The zero-order valence-electron chi connectivity index (χ0n) is 19.6. The molecule has 1 aromatic carbocycles. The van der Waals surface area contributed by atoms with E-state index in [1.165, 1.54) is 0 Å². The largest absolute Gasteiger partial charge is 0.422 e. The van der Waals surface area contributed by atoms with Crippen LogP contribution in [0.2, 0.25) is 0 Å². The lowest BCUT2D eigenvalue weighted by Crippen LogP contribution is -2.23. The third-order valence-electron chi connectivity index (χ3n) is 4.94. The van der Waals surface area contributed by atoms with E-state index in [1.807, 2.05) is 31.2 Å². The number of hydrogen-bond donors (Lipinski definition) is 0. The molecular weight excluding hydrogens is 388 g/mol. The van der Waals surface area contributed by atoms with Crippen LogP contribution >= 0.6 is 0 Å². The molecular formula is C25H30N4O2. The molecule has 0 amide bonds. The van der Waals surface area contributed by atoms with Crippen LogP contribution in [-0.4, -0.2) is 15.7 Å². The third-order valence-corrected chi connectivity index (χ3v) is 4.94. The number of carbonyl (C=O) groups is 1. The lowest BCUT2D eigenvalue weighted by Gasteiger charge is -2.21. The van der Waals surface area contributed by atoms with Crippen LogP contribution in [0.15, 0.2) is 24.3 Å². The quantitative estimate of drug-likeness (QED) is 0.378. The molecule has 0 bridgehead atoms. The first-order valence-electron chi connectivity index (χ1n) is 10.3. The van der Waals surface area contributed by atoms with E-state index < -0.39 is 11.4 Å². The molecule has 2 rings (SSSR count). The van der Waals surface area contributed by atoms with Gasteiger partial charge in [0.2, 0.25) is 0 Å². The van der Waals surface area contributed by atoms with E-state index in [0.717, 1.165) is 5.56 Å². The van der Waals surface area contributed by atoms with Crippen LogP contribution in [0.25, 0.3) is 11.3 Å². The summed E-state index contributed by atoms with van der Waals surface area (Å²) in [5.41, 5.74) is 2.23. The first-order valence-corrected chi connectivity index (χ1v) is 10.3. The van der Waals surface area contributed by atoms with Crippen LogP contribution in [0.1, 0.15) is 76.5 Å². The number of esters is 1. The van der Waals surface area contributed by atoms with Crippen molar-refractivity contribution in [3.63, 3.8) is 0 Å². The minimum absolute atomic E-state index is 0.0392. The number of aromatic nitrogens is 2. The highest BCUT2D eigenvalue weighted by Gasteiger charge is 2.30. The van der Waals surface area contributed by atoms with Gasteiger partial charge in [-0.05, 0) is 51.2 Å². The van der Waals surface area contributed by atoms with Gasteiger partial charge < -0.3 is 4.74 Å². The third kappa shape index (κ3) is 5.03. The van der Waals surface area contributed by atoms with Crippen LogP contribution < -0.4 is 0 Å². The monoisotopic (exact) mass is 418 g/mol. The first-order chi connectivity index (χ1) is 14.3. The van der Waals surface area contributed by atoms with Crippen molar-refractivity contribution in [2.75, 3.05) is 0 Å². The molecule has 0 aliphatic heterocycles. The fourth-order valence-corrected chi connectivity index (χ4v) is 3.02. The first kappa shape index (κ1) is 23.9. The zero-order valence-corrected chi connectivity index (χ0v) is 19.6. The minimum atomic E-state index is -0.791. The summed E-state index contributed by atoms with van der Waals surface area (Å²) in [5, 5.41) is 24.2. The van der Waals surface area contributed by atoms with Gasteiger partial charge in [-0.25, -0.2) is 0 Å². The van der Waals surface area contributed by atoms with E-state index >= 15 is 0 Å².